The van der Waals surface area contributed by atoms with E-state index in [1.807, 2.05) is 21.1 Å². The van der Waals surface area contributed by atoms with Gasteiger partial charge in [-0.1, -0.05) is 224 Å². The summed E-state index contributed by atoms with van der Waals surface area (Å²) >= 11 is 0. The van der Waals surface area contributed by atoms with Gasteiger partial charge in [-0.05, 0) is 44.9 Å². The van der Waals surface area contributed by atoms with Crippen LogP contribution in [0.5, 0.6) is 0 Å². The van der Waals surface area contributed by atoms with Crippen LogP contribution in [0.4, 0.5) is 0 Å². The lowest BCUT2D eigenvalue weighted by molar-refractivity contribution is -0.870. The van der Waals surface area contributed by atoms with Crippen LogP contribution in [0.25, 0.3) is 0 Å². The molecule has 0 amide bonds. The summed E-state index contributed by atoms with van der Waals surface area (Å²) in [7, 11) is 5.92. The van der Waals surface area contributed by atoms with Crippen molar-refractivity contribution in [3.63, 3.8) is 0 Å². The molecule has 0 fully saturated rings. The molecule has 382 valence electrons. The number of allylic oxidation sites excluding steroid dienone is 4. The monoisotopic (exact) mass is 920 g/mol. The highest BCUT2D eigenvalue weighted by Gasteiger charge is 2.22. The molecule has 0 bridgehead atoms. The van der Waals surface area contributed by atoms with Gasteiger partial charge in [-0.2, -0.15) is 0 Å². The second kappa shape index (κ2) is 48.2. The third kappa shape index (κ3) is 49.5. The fourth-order valence-corrected chi connectivity index (χ4v) is 7.92. The number of hydrogen-bond donors (Lipinski definition) is 0. The maximum atomic E-state index is 12.8. The van der Waals surface area contributed by atoms with Crippen LogP contribution >= 0.6 is 0 Å². The minimum absolute atomic E-state index is 0.149. The van der Waals surface area contributed by atoms with E-state index in [1.54, 1.807) is 0 Å². The van der Waals surface area contributed by atoms with Crippen molar-refractivity contribution >= 4 is 17.9 Å². The number of carbonyl (C=O) groups is 3. The number of ether oxygens (including phenoxy) is 4. The molecule has 0 aliphatic heterocycles. The highest BCUT2D eigenvalue weighted by Crippen LogP contribution is 2.16. The van der Waals surface area contributed by atoms with E-state index >= 15 is 0 Å². The van der Waals surface area contributed by atoms with Gasteiger partial charge in [-0.3, -0.25) is 9.59 Å². The third-order valence-electron chi connectivity index (χ3n) is 12.2. The van der Waals surface area contributed by atoms with Crippen LogP contribution in [0.3, 0.4) is 0 Å². The molecule has 0 saturated carbocycles. The first-order valence-electron chi connectivity index (χ1n) is 27.5. The average Bonchev–Trinajstić information content (AvgIpc) is 3.27. The Labute approximate surface area is 401 Å². The number of nitrogens with zero attached hydrogens (tertiary/aromatic N) is 1. The minimum Gasteiger partial charge on any atom is -0.545 e. The van der Waals surface area contributed by atoms with Gasteiger partial charge in [0.2, 0.25) is 0 Å². The van der Waals surface area contributed by atoms with E-state index < -0.39 is 24.3 Å². The number of carboxylic acids is 1. The van der Waals surface area contributed by atoms with E-state index in [4.69, 9.17) is 18.9 Å². The van der Waals surface area contributed by atoms with Crippen LogP contribution in [0.1, 0.15) is 258 Å². The second-order valence-electron chi connectivity index (χ2n) is 19.9. The Morgan fingerprint density at radius 3 is 1.22 bits per heavy atom. The van der Waals surface area contributed by atoms with E-state index in [1.165, 1.54) is 173 Å². The van der Waals surface area contributed by atoms with Gasteiger partial charge in [0.05, 0.1) is 40.3 Å². The lowest BCUT2D eigenvalue weighted by Gasteiger charge is -2.26. The van der Waals surface area contributed by atoms with Crippen molar-refractivity contribution in [1.82, 2.24) is 0 Å². The number of likely N-dealkylation sites (N-methyl/N-ethyl adjacent to an activating group) is 1. The van der Waals surface area contributed by atoms with E-state index in [0.29, 0.717) is 23.9 Å². The molecule has 0 aliphatic rings. The van der Waals surface area contributed by atoms with Gasteiger partial charge >= 0.3 is 11.9 Å². The summed E-state index contributed by atoms with van der Waals surface area (Å²) in [6.07, 6.45) is 52.1. The number of esters is 2. The van der Waals surface area contributed by atoms with Crippen molar-refractivity contribution in [1.29, 1.82) is 0 Å². The van der Waals surface area contributed by atoms with Crippen LogP contribution < -0.4 is 5.11 Å². The Kier molecular flexibility index (Phi) is 46.6. The van der Waals surface area contributed by atoms with E-state index in [9.17, 15) is 19.5 Å². The summed E-state index contributed by atoms with van der Waals surface area (Å²) < 4.78 is 22.7. The molecular formula is C56H105NO8. The topological polar surface area (TPSA) is 111 Å². The van der Waals surface area contributed by atoms with Gasteiger partial charge in [0, 0.05) is 12.8 Å². The first kappa shape index (κ1) is 62.8. The molecule has 0 aliphatic carbocycles. The van der Waals surface area contributed by atoms with Crippen molar-refractivity contribution in [2.45, 2.75) is 270 Å². The molecule has 0 aromatic carbocycles. The largest absolute Gasteiger partial charge is 0.545 e. The fourth-order valence-electron chi connectivity index (χ4n) is 7.92. The molecule has 65 heavy (non-hydrogen) atoms. The molecule has 9 nitrogen and oxygen atoms in total. The fraction of sp³-hybridized carbons (Fsp3) is 0.875. The van der Waals surface area contributed by atoms with Crippen LogP contribution in [-0.2, 0) is 33.3 Å². The van der Waals surface area contributed by atoms with Crippen molar-refractivity contribution < 1.29 is 42.9 Å². The Hall–Kier alpha value is -2.23. The Morgan fingerprint density at radius 2 is 0.831 bits per heavy atom. The van der Waals surface area contributed by atoms with Crippen molar-refractivity contribution in [2.75, 3.05) is 47.5 Å². The average molecular weight is 920 g/mol. The van der Waals surface area contributed by atoms with Crippen molar-refractivity contribution in [3.05, 3.63) is 24.3 Å². The molecule has 0 saturated heterocycles. The standard InChI is InChI=1S/C56H105NO8/c1-6-8-10-12-14-16-18-20-22-24-26-27-29-31-33-35-37-39-41-43-45-47-54(59)65-52(51-64-56(55(60)61)62-49-48-57(3,4)5)50-63-53(58)46-44-42-40-38-36-34-32-30-28-25-23-21-19-17-15-13-11-9-7-2/h18,20,24,26,52,56H,6-17,19,21-23,25,27-51H2,1-5H3/b20-18-,26-24-. The number of aliphatic carboxylic acids is 1. The number of rotatable bonds is 51. The van der Waals surface area contributed by atoms with Crippen LogP contribution in [-0.4, -0.2) is 82.3 Å². The summed E-state index contributed by atoms with van der Waals surface area (Å²) in [6, 6.07) is 0. The maximum Gasteiger partial charge on any atom is 0.306 e. The van der Waals surface area contributed by atoms with Gasteiger partial charge in [0.25, 0.3) is 0 Å². The Balaban J connectivity index is 4.28. The molecule has 0 radical (unpaired) electrons. The molecule has 0 aromatic rings. The lowest BCUT2D eigenvalue weighted by Crippen LogP contribution is -2.44. The van der Waals surface area contributed by atoms with Gasteiger partial charge in [-0.15, -0.1) is 0 Å². The summed E-state index contributed by atoms with van der Waals surface area (Å²) in [4.78, 5) is 37.2. The Bertz CT molecular complexity index is 1120. The lowest BCUT2D eigenvalue weighted by atomic mass is 10.0. The van der Waals surface area contributed by atoms with E-state index in [-0.39, 0.29) is 32.2 Å². The first-order valence-corrected chi connectivity index (χ1v) is 27.5. The summed E-state index contributed by atoms with van der Waals surface area (Å²) in [5.41, 5.74) is 0. The highest BCUT2D eigenvalue weighted by atomic mass is 16.7. The summed E-state index contributed by atoms with van der Waals surface area (Å²) in [6.45, 7) is 4.77. The van der Waals surface area contributed by atoms with E-state index in [2.05, 4.69) is 38.2 Å². The number of carboxylic acid groups (broad SMARTS) is 1. The first-order chi connectivity index (χ1) is 31.6. The van der Waals surface area contributed by atoms with Crippen LogP contribution in [0.15, 0.2) is 24.3 Å². The molecule has 0 rings (SSSR count). The molecule has 0 aromatic heterocycles. The normalized spacial score (nSPS) is 12.9. The molecule has 0 N–H and O–H groups in total. The third-order valence-corrected chi connectivity index (χ3v) is 12.2. The quantitative estimate of drug-likeness (QED) is 0.0195. The van der Waals surface area contributed by atoms with Gasteiger partial charge in [-0.25, -0.2) is 0 Å². The number of quaternary nitrogens is 1. The van der Waals surface area contributed by atoms with Crippen molar-refractivity contribution in [2.24, 2.45) is 0 Å². The predicted molar refractivity (Wildman–Crippen MR) is 270 cm³/mol. The van der Waals surface area contributed by atoms with E-state index in [0.717, 1.165) is 51.4 Å². The van der Waals surface area contributed by atoms with Gasteiger partial charge < -0.3 is 33.3 Å². The molecule has 2 atom stereocenters. The summed E-state index contributed by atoms with van der Waals surface area (Å²) in [5.74, 6) is -2.27. The smallest absolute Gasteiger partial charge is 0.306 e. The second-order valence-corrected chi connectivity index (χ2v) is 19.9. The summed E-state index contributed by atoms with van der Waals surface area (Å²) in [5, 5.41) is 11.7. The zero-order chi connectivity index (χ0) is 47.7. The van der Waals surface area contributed by atoms with Gasteiger partial charge in [0.1, 0.15) is 13.2 Å². The SMILES string of the molecule is CCCCCCC/C=C\C/C=C\CCCCCCCCCCCC(=O)OC(COC(=O)CCCCCCCCCCCCCCCCCCCCC)COC(OCC[N+](C)(C)C)C(=O)[O-]. The number of unbranched alkanes of at least 4 members (excludes halogenated alkanes) is 32. The van der Waals surface area contributed by atoms with Crippen LogP contribution in [0.2, 0.25) is 0 Å². The molecule has 2 unspecified atom stereocenters. The molecule has 0 spiro atoms. The minimum atomic E-state index is -1.62. The van der Waals surface area contributed by atoms with Crippen LogP contribution in [0, 0.1) is 0 Å². The molecule has 0 heterocycles. The molecular weight excluding hydrogens is 815 g/mol. The Morgan fingerprint density at radius 1 is 0.462 bits per heavy atom. The molecule has 9 heteroatoms. The maximum absolute atomic E-state index is 12.8. The number of hydrogen-bond acceptors (Lipinski definition) is 8. The van der Waals surface area contributed by atoms with Crippen molar-refractivity contribution in [3.8, 4) is 0 Å². The number of carbonyl (C=O) groups excluding carboxylic acids is 3. The zero-order valence-corrected chi connectivity index (χ0v) is 43.4. The predicted octanol–water partition coefficient (Wildman–Crippen LogP) is 14.2. The zero-order valence-electron chi connectivity index (χ0n) is 43.4. The van der Waals surface area contributed by atoms with Gasteiger partial charge in [0.15, 0.2) is 12.4 Å². The highest BCUT2D eigenvalue weighted by molar-refractivity contribution is 5.70.